The third-order valence-electron chi connectivity index (χ3n) is 11.2. The fourth-order valence-electron chi connectivity index (χ4n) is 8.10. The second kappa shape index (κ2) is 15.0. The standard InChI is InChI=1S/C55H46N2/c1-37-11-21-43(22-12-37)55-51-34-32-48(56(44-23-13-38(2)14-24-44)45-25-15-39(3)16-26-45)35-52(51)54(42-9-7-6-8-10-42)50-33-31-49(36-53(50)55)57(46-27-17-40(4)18-28-46)47-29-19-41(5)20-30-47/h6-36H,1-5H3. The van der Waals surface area contributed by atoms with E-state index in [1.165, 1.54) is 71.6 Å². The summed E-state index contributed by atoms with van der Waals surface area (Å²) in [6.07, 6.45) is 0. The van der Waals surface area contributed by atoms with E-state index >= 15 is 0 Å². The van der Waals surface area contributed by atoms with Crippen molar-refractivity contribution in [3.8, 4) is 22.3 Å². The van der Waals surface area contributed by atoms with Crippen molar-refractivity contribution in [1.82, 2.24) is 0 Å². The Bertz CT molecular complexity index is 2750. The Hall–Kier alpha value is -6.90. The van der Waals surface area contributed by atoms with Crippen LogP contribution in [0.5, 0.6) is 0 Å². The van der Waals surface area contributed by atoms with Crippen LogP contribution in [-0.2, 0) is 0 Å². The average molecular weight is 735 g/mol. The Morgan fingerprint density at radius 2 is 0.526 bits per heavy atom. The van der Waals surface area contributed by atoms with Gasteiger partial charge in [-0.1, -0.05) is 143 Å². The molecule has 0 spiro atoms. The molecule has 2 heteroatoms. The van der Waals surface area contributed by atoms with Crippen LogP contribution >= 0.6 is 0 Å². The first kappa shape index (κ1) is 35.8. The zero-order chi connectivity index (χ0) is 39.0. The lowest BCUT2D eigenvalue weighted by molar-refractivity contribution is 1.27. The summed E-state index contributed by atoms with van der Waals surface area (Å²) < 4.78 is 0. The number of rotatable bonds is 8. The van der Waals surface area contributed by atoms with Gasteiger partial charge < -0.3 is 9.80 Å². The van der Waals surface area contributed by atoms with Crippen LogP contribution < -0.4 is 9.80 Å². The Kier molecular flexibility index (Phi) is 9.40. The van der Waals surface area contributed by atoms with E-state index in [2.05, 4.69) is 232 Å². The largest absolute Gasteiger partial charge is 0.310 e. The quantitative estimate of drug-likeness (QED) is 0.143. The highest BCUT2D eigenvalue weighted by molar-refractivity contribution is 6.22. The molecule has 0 N–H and O–H groups in total. The predicted octanol–water partition coefficient (Wildman–Crippen LogP) is 15.8. The van der Waals surface area contributed by atoms with Crippen molar-refractivity contribution in [2.75, 3.05) is 9.80 Å². The molecule has 0 unspecified atom stereocenters. The van der Waals surface area contributed by atoms with Gasteiger partial charge in [-0.05, 0) is 151 Å². The number of anilines is 6. The molecule has 0 aliphatic rings. The number of hydrogen-bond acceptors (Lipinski definition) is 2. The third kappa shape index (κ3) is 6.96. The molecule has 0 amide bonds. The molecular formula is C55H46N2. The number of hydrogen-bond donors (Lipinski definition) is 0. The summed E-state index contributed by atoms with van der Waals surface area (Å²) in [5, 5.41) is 4.87. The summed E-state index contributed by atoms with van der Waals surface area (Å²) in [6.45, 7) is 10.7. The summed E-state index contributed by atoms with van der Waals surface area (Å²) in [5.41, 5.74) is 17.8. The molecule has 0 aliphatic heterocycles. The van der Waals surface area contributed by atoms with Crippen molar-refractivity contribution in [3.63, 3.8) is 0 Å². The molecule has 0 saturated carbocycles. The van der Waals surface area contributed by atoms with Crippen LogP contribution in [0.15, 0.2) is 188 Å². The summed E-state index contributed by atoms with van der Waals surface area (Å²) in [5.74, 6) is 0. The lowest BCUT2D eigenvalue weighted by Gasteiger charge is -2.28. The van der Waals surface area contributed by atoms with Crippen LogP contribution in [0.4, 0.5) is 34.1 Å². The summed E-state index contributed by atoms with van der Waals surface area (Å²) >= 11 is 0. The number of fused-ring (bicyclic) bond motifs is 2. The van der Waals surface area contributed by atoms with Crippen molar-refractivity contribution >= 4 is 55.7 Å². The average Bonchev–Trinajstić information content (AvgIpc) is 3.23. The number of nitrogens with zero attached hydrogens (tertiary/aromatic N) is 2. The third-order valence-corrected chi connectivity index (χ3v) is 11.2. The van der Waals surface area contributed by atoms with Crippen LogP contribution in [0.1, 0.15) is 27.8 Å². The molecule has 9 aromatic rings. The second-order valence-corrected chi connectivity index (χ2v) is 15.5. The molecule has 0 radical (unpaired) electrons. The molecule has 0 fully saturated rings. The molecule has 0 heterocycles. The van der Waals surface area contributed by atoms with E-state index in [0.717, 1.165) is 34.1 Å². The molecule has 0 aliphatic carbocycles. The Morgan fingerprint density at radius 3 is 0.860 bits per heavy atom. The van der Waals surface area contributed by atoms with Gasteiger partial charge in [-0.3, -0.25) is 0 Å². The second-order valence-electron chi connectivity index (χ2n) is 15.5. The minimum atomic E-state index is 1.11. The van der Waals surface area contributed by atoms with Crippen molar-refractivity contribution in [3.05, 3.63) is 216 Å². The minimum absolute atomic E-state index is 1.11. The molecule has 2 nitrogen and oxygen atoms in total. The minimum Gasteiger partial charge on any atom is -0.310 e. The predicted molar refractivity (Wildman–Crippen MR) is 245 cm³/mol. The van der Waals surface area contributed by atoms with Gasteiger partial charge in [0.2, 0.25) is 0 Å². The van der Waals surface area contributed by atoms with Crippen LogP contribution in [0.2, 0.25) is 0 Å². The van der Waals surface area contributed by atoms with Gasteiger partial charge in [-0.25, -0.2) is 0 Å². The highest BCUT2D eigenvalue weighted by Gasteiger charge is 2.22. The molecule has 0 atom stereocenters. The fraction of sp³-hybridized carbons (Fsp3) is 0.0909. The van der Waals surface area contributed by atoms with Gasteiger partial charge in [0.1, 0.15) is 0 Å². The van der Waals surface area contributed by atoms with Crippen molar-refractivity contribution in [2.24, 2.45) is 0 Å². The highest BCUT2D eigenvalue weighted by atomic mass is 15.1. The summed E-state index contributed by atoms with van der Waals surface area (Å²) in [4.78, 5) is 4.76. The highest BCUT2D eigenvalue weighted by Crippen LogP contribution is 2.48. The van der Waals surface area contributed by atoms with Crippen LogP contribution in [0.3, 0.4) is 0 Å². The summed E-state index contributed by atoms with van der Waals surface area (Å²) in [7, 11) is 0. The van der Waals surface area contributed by atoms with E-state index in [4.69, 9.17) is 0 Å². The molecular weight excluding hydrogens is 689 g/mol. The van der Waals surface area contributed by atoms with Crippen molar-refractivity contribution in [1.29, 1.82) is 0 Å². The van der Waals surface area contributed by atoms with Gasteiger partial charge >= 0.3 is 0 Å². The Labute approximate surface area is 336 Å². The SMILES string of the molecule is Cc1ccc(-c2c3ccc(N(c4ccc(C)cc4)c4ccc(C)cc4)cc3c(-c3ccccc3)c3ccc(N(c4ccc(C)cc4)c4ccc(C)cc4)cc23)cc1. The van der Waals surface area contributed by atoms with E-state index in [0.29, 0.717) is 0 Å². The maximum atomic E-state index is 2.41. The topological polar surface area (TPSA) is 6.48 Å². The lowest BCUT2D eigenvalue weighted by atomic mass is 9.85. The maximum Gasteiger partial charge on any atom is 0.0468 e. The lowest BCUT2D eigenvalue weighted by Crippen LogP contribution is -2.10. The van der Waals surface area contributed by atoms with Gasteiger partial charge in [0.05, 0.1) is 0 Å². The normalized spacial score (nSPS) is 11.2. The van der Waals surface area contributed by atoms with Crippen molar-refractivity contribution in [2.45, 2.75) is 34.6 Å². The molecule has 57 heavy (non-hydrogen) atoms. The first-order valence-electron chi connectivity index (χ1n) is 19.8. The molecule has 9 rings (SSSR count). The van der Waals surface area contributed by atoms with Gasteiger partial charge in [0.25, 0.3) is 0 Å². The molecule has 276 valence electrons. The van der Waals surface area contributed by atoms with E-state index in [9.17, 15) is 0 Å². The monoisotopic (exact) mass is 734 g/mol. The smallest absolute Gasteiger partial charge is 0.0468 e. The van der Waals surface area contributed by atoms with Gasteiger partial charge in [-0.15, -0.1) is 0 Å². The zero-order valence-corrected chi connectivity index (χ0v) is 33.3. The summed E-state index contributed by atoms with van der Waals surface area (Å²) in [6, 6.07) is 69.5. The van der Waals surface area contributed by atoms with E-state index < -0.39 is 0 Å². The zero-order valence-electron chi connectivity index (χ0n) is 33.3. The molecule has 9 aromatic carbocycles. The number of benzene rings is 9. The van der Waals surface area contributed by atoms with Gasteiger partial charge in [-0.2, -0.15) is 0 Å². The molecule has 0 bridgehead atoms. The van der Waals surface area contributed by atoms with Crippen LogP contribution in [0.25, 0.3) is 43.8 Å². The first-order valence-corrected chi connectivity index (χ1v) is 19.8. The maximum absolute atomic E-state index is 2.41. The molecule has 0 saturated heterocycles. The molecule has 0 aromatic heterocycles. The van der Waals surface area contributed by atoms with E-state index in [1.807, 2.05) is 0 Å². The Balaban J connectivity index is 1.36. The van der Waals surface area contributed by atoms with Gasteiger partial charge in [0.15, 0.2) is 0 Å². The first-order chi connectivity index (χ1) is 27.8. The van der Waals surface area contributed by atoms with Gasteiger partial charge in [0, 0.05) is 34.1 Å². The Morgan fingerprint density at radius 1 is 0.246 bits per heavy atom. The number of aryl methyl sites for hydroxylation is 5. The van der Waals surface area contributed by atoms with Crippen LogP contribution in [-0.4, -0.2) is 0 Å². The van der Waals surface area contributed by atoms with E-state index in [-0.39, 0.29) is 0 Å². The van der Waals surface area contributed by atoms with Crippen molar-refractivity contribution < 1.29 is 0 Å². The van der Waals surface area contributed by atoms with Crippen LogP contribution in [0, 0.1) is 34.6 Å². The fourth-order valence-corrected chi connectivity index (χ4v) is 8.10. The van der Waals surface area contributed by atoms with E-state index in [1.54, 1.807) is 0 Å².